The highest BCUT2D eigenvalue weighted by atomic mass is 35.5. The molecule has 1 heterocycles. The van der Waals surface area contributed by atoms with Gasteiger partial charge in [0.25, 0.3) is 5.91 Å². The number of halogens is 2. The lowest BCUT2D eigenvalue weighted by Crippen LogP contribution is -2.26. The first kappa shape index (κ1) is 28.6. The molecule has 0 radical (unpaired) electrons. The molecule has 0 unspecified atom stereocenters. The van der Waals surface area contributed by atoms with Crippen molar-refractivity contribution in [3.8, 4) is 5.75 Å². The average molecular weight is 548 g/mol. The van der Waals surface area contributed by atoms with Crippen molar-refractivity contribution in [3.05, 3.63) is 59.0 Å². The van der Waals surface area contributed by atoms with E-state index in [4.69, 9.17) is 21.2 Å². The zero-order valence-corrected chi connectivity index (χ0v) is 23.2. The average Bonchev–Trinajstić information content (AvgIpc) is 2.87. The van der Waals surface area contributed by atoms with Crippen LogP contribution >= 0.6 is 19.5 Å². The maximum Gasteiger partial charge on any atom is 0.277 e. The van der Waals surface area contributed by atoms with Gasteiger partial charge in [0.1, 0.15) is 16.6 Å². The fraction of sp³-hybridized carbons (Fsp3) is 0.346. The predicted molar refractivity (Wildman–Crippen MR) is 149 cm³/mol. The van der Waals surface area contributed by atoms with Crippen LogP contribution in [0.5, 0.6) is 5.75 Å². The summed E-state index contributed by atoms with van der Waals surface area (Å²) < 4.78 is 20.2. The van der Waals surface area contributed by atoms with Gasteiger partial charge < -0.3 is 15.4 Å². The first-order chi connectivity index (χ1) is 17.8. The molecule has 1 aromatic heterocycles. The van der Waals surface area contributed by atoms with Gasteiger partial charge in [-0.15, -0.1) is 0 Å². The van der Waals surface area contributed by atoms with Crippen molar-refractivity contribution >= 4 is 53.9 Å². The molecular formula is C26H32ClFN5O3P. The fourth-order valence-electron chi connectivity index (χ4n) is 3.51. The molecule has 0 bridgehead atoms. The summed E-state index contributed by atoms with van der Waals surface area (Å²) in [6.07, 6.45) is 3.59. The number of carbonyl (C=O) groups excluding carboxylic acids is 1. The molecule has 1 amide bonds. The summed E-state index contributed by atoms with van der Waals surface area (Å²) in [6.45, 7) is 8.54. The third kappa shape index (κ3) is 7.51. The lowest BCUT2D eigenvalue weighted by atomic mass is 10.1. The minimum atomic E-state index is -0.761. The molecular weight excluding hydrogens is 516 g/mol. The highest BCUT2D eigenvalue weighted by Gasteiger charge is 2.19. The van der Waals surface area contributed by atoms with Gasteiger partial charge in [-0.05, 0) is 35.7 Å². The number of hydroxylamine groups is 1. The predicted octanol–water partition coefficient (Wildman–Crippen LogP) is 6.23. The number of aromatic nitrogens is 2. The van der Waals surface area contributed by atoms with Gasteiger partial charge in [0.15, 0.2) is 5.82 Å². The van der Waals surface area contributed by atoms with Gasteiger partial charge in [-0.2, -0.15) is 4.98 Å². The van der Waals surface area contributed by atoms with E-state index in [1.54, 1.807) is 0 Å². The van der Waals surface area contributed by atoms with Crippen molar-refractivity contribution in [1.82, 2.24) is 15.4 Å². The summed E-state index contributed by atoms with van der Waals surface area (Å²) in [4.78, 5) is 26.2. The third-order valence-corrected chi connectivity index (χ3v) is 8.24. The quantitative estimate of drug-likeness (QED) is 0.183. The van der Waals surface area contributed by atoms with Crippen LogP contribution in [-0.4, -0.2) is 41.9 Å². The van der Waals surface area contributed by atoms with Crippen molar-refractivity contribution < 1.29 is 18.8 Å². The van der Waals surface area contributed by atoms with Crippen molar-refractivity contribution in [1.29, 1.82) is 0 Å². The molecule has 11 heteroatoms. The van der Waals surface area contributed by atoms with Gasteiger partial charge in [0, 0.05) is 11.8 Å². The lowest BCUT2D eigenvalue weighted by molar-refractivity contribution is 0.0205. The molecule has 0 aliphatic heterocycles. The van der Waals surface area contributed by atoms with Crippen molar-refractivity contribution in [3.63, 3.8) is 0 Å². The second-order valence-electron chi connectivity index (χ2n) is 8.50. The molecule has 3 rings (SSSR count). The molecule has 0 aliphatic carbocycles. The molecule has 198 valence electrons. The minimum absolute atomic E-state index is 0.174. The molecule has 0 fully saturated rings. The Morgan fingerprint density at radius 1 is 1.14 bits per heavy atom. The molecule has 3 N–H and O–H groups in total. The van der Waals surface area contributed by atoms with Crippen LogP contribution in [0, 0.1) is 11.7 Å². The third-order valence-electron chi connectivity index (χ3n) is 5.37. The number of carbonyl (C=O) groups is 1. The highest BCUT2D eigenvalue weighted by molar-refractivity contribution is 7.65. The Labute approximate surface area is 223 Å². The monoisotopic (exact) mass is 547 g/mol. The second kappa shape index (κ2) is 13.5. The van der Waals surface area contributed by atoms with E-state index in [1.807, 2.05) is 32.0 Å². The smallest absolute Gasteiger partial charge is 0.277 e. The number of amides is 1. The van der Waals surface area contributed by atoms with Crippen LogP contribution in [0.15, 0.2) is 42.6 Å². The van der Waals surface area contributed by atoms with E-state index >= 15 is 0 Å². The van der Waals surface area contributed by atoms with Gasteiger partial charge in [0.05, 0.1) is 31.2 Å². The Bertz CT molecular complexity index is 1230. The van der Waals surface area contributed by atoms with Crippen LogP contribution < -0.4 is 26.2 Å². The maximum absolute atomic E-state index is 14.8. The Hall–Kier alpha value is -3.00. The van der Waals surface area contributed by atoms with Crippen LogP contribution in [0.25, 0.3) is 0 Å². The number of nitrogens with zero attached hydrogens (tertiary/aromatic N) is 2. The molecule has 0 spiro atoms. The number of rotatable bonds is 12. The molecule has 3 aromatic rings. The Kier molecular flexibility index (Phi) is 10.4. The summed E-state index contributed by atoms with van der Waals surface area (Å²) in [5, 5.41) is 7.86. The minimum Gasteiger partial charge on any atom is -0.495 e. The molecule has 0 saturated heterocycles. The zero-order chi connectivity index (χ0) is 26.9. The van der Waals surface area contributed by atoms with Crippen LogP contribution in [0.4, 0.5) is 27.5 Å². The molecule has 0 atom stereocenters. The summed E-state index contributed by atoms with van der Waals surface area (Å²) in [7, 11) is 1.10. The summed E-state index contributed by atoms with van der Waals surface area (Å²) in [5.41, 5.74) is 3.21. The Balaban J connectivity index is 1.85. The van der Waals surface area contributed by atoms with Gasteiger partial charge in [-0.25, -0.2) is 14.9 Å². The van der Waals surface area contributed by atoms with E-state index in [9.17, 15) is 9.18 Å². The highest BCUT2D eigenvalue weighted by Crippen LogP contribution is 2.37. The number of ether oxygens (including phenoxy) is 1. The van der Waals surface area contributed by atoms with Crippen LogP contribution in [-0.2, 0) is 4.84 Å². The van der Waals surface area contributed by atoms with Gasteiger partial charge >= 0.3 is 0 Å². The first-order valence-corrected chi connectivity index (χ1v) is 14.1. The summed E-state index contributed by atoms with van der Waals surface area (Å²) in [5.74, 6) is -0.457. The van der Waals surface area contributed by atoms with E-state index in [0.717, 1.165) is 24.1 Å². The van der Waals surface area contributed by atoms with Crippen LogP contribution in [0.1, 0.15) is 38.1 Å². The number of methoxy groups -OCH3 is 1. The number of benzene rings is 2. The number of hydrogen-bond donors (Lipinski definition) is 3. The molecule has 0 aliphatic rings. The van der Waals surface area contributed by atoms with Gasteiger partial charge in [-0.3, -0.25) is 9.63 Å². The summed E-state index contributed by atoms with van der Waals surface area (Å²) >= 11 is 6.40. The Morgan fingerprint density at radius 2 is 1.86 bits per heavy atom. The number of hydrogen-bond acceptors (Lipinski definition) is 7. The molecule has 0 saturated carbocycles. The van der Waals surface area contributed by atoms with Crippen molar-refractivity contribution in [2.75, 3.05) is 36.7 Å². The normalized spacial score (nSPS) is 11.1. The molecule has 8 nitrogen and oxygen atoms in total. The van der Waals surface area contributed by atoms with E-state index in [2.05, 4.69) is 46.0 Å². The standard InChI is InChI=1S/C26H32ClFN5O3P/c1-6-37(7-2)23-11-9-8-10-20(23)30-24-18(27)14-29-26(32-24)31-21-13-19(28)17(12-22(21)35-5)25(34)33-36-15-16(3)4/h8-14,16H,6-7,15H2,1-5H3,(H,33,34)(H2,29,30,31,32). The SMILES string of the molecule is CCP(CC)c1ccccc1Nc1nc(Nc2cc(F)c(C(=O)NOCC(C)C)cc2OC)ncc1Cl. The molecule has 2 aromatic carbocycles. The largest absolute Gasteiger partial charge is 0.495 e. The topological polar surface area (TPSA) is 97.4 Å². The molecule has 37 heavy (non-hydrogen) atoms. The number of nitrogens with one attached hydrogen (secondary N) is 3. The number of anilines is 4. The summed E-state index contributed by atoms with van der Waals surface area (Å²) in [6, 6.07) is 10.5. The van der Waals surface area contributed by atoms with Crippen molar-refractivity contribution in [2.45, 2.75) is 27.7 Å². The second-order valence-corrected chi connectivity index (χ2v) is 11.7. The first-order valence-electron chi connectivity index (χ1n) is 12.0. The van der Waals surface area contributed by atoms with Crippen LogP contribution in [0.3, 0.4) is 0 Å². The van der Waals surface area contributed by atoms with Crippen LogP contribution in [0.2, 0.25) is 5.02 Å². The lowest BCUT2D eigenvalue weighted by Gasteiger charge is -2.19. The zero-order valence-electron chi connectivity index (χ0n) is 21.6. The Morgan fingerprint density at radius 3 is 2.54 bits per heavy atom. The number of para-hydroxylation sites is 1. The van der Waals surface area contributed by atoms with Gasteiger partial charge in [-0.1, -0.05) is 65.4 Å². The fourth-order valence-corrected chi connectivity index (χ4v) is 5.54. The maximum atomic E-state index is 14.8. The van der Waals surface area contributed by atoms with E-state index < -0.39 is 11.7 Å². The van der Waals surface area contributed by atoms with E-state index in [-0.39, 0.29) is 36.8 Å². The van der Waals surface area contributed by atoms with Gasteiger partial charge in [0.2, 0.25) is 5.95 Å². The van der Waals surface area contributed by atoms with Crippen molar-refractivity contribution in [2.24, 2.45) is 5.92 Å². The van der Waals surface area contributed by atoms with E-state index in [0.29, 0.717) is 17.4 Å². The van der Waals surface area contributed by atoms with E-state index in [1.165, 1.54) is 24.7 Å².